The molecule has 2 N–H and O–H groups in total. The molecule has 29 heavy (non-hydrogen) atoms. The number of H-pyrrole nitrogens is 1. The normalized spacial score (nSPS) is 10.9. The monoisotopic (exact) mass is 402 g/mol. The van der Waals surface area contributed by atoms with Gasteiger partial charge in [0.2, 0.25) is 0 Å². The topological polar surface area (TPSA) is 79.4 Å². The summed E-state index contributed by atoms with van der Waals surface area (Å²) in [6.45, 7) is 0.456. The first-order valence-electron chi connectivity index (χ1n) is 8.97. The Bertz CT molecular complexity index is 1100. The van der Waals surface area contributed by atoms with Crippen molar-refractivity contribution in [1.29, 1.82) is 0 Å². The molecule has 0 radical (unpaired) electrons. The van der Waals surface area contributed by atoms with Gasteiger partial charge >= 0.3 is 0 Å². The summed E-state index contributed by atoms with van der Waals surface area (Å²) in [4.78, 5) is 13.4. The molecule has 0 atom stereocenters. The van der Waals surface area contributed by atoms with E-state index in [0.29, 0.717) is 23.6 Å². The fourth-order valence-corrected chi connectivity index (χ4v) is 3.48. The lowest BCUT2D eigenvalue weighted by atomic mass is 10.2. The van der Waals surface area contributed by atoms with Crippen molar-refractivity contribution >= 4 is 23.5 Å². The number of benzene rings is 2. The number of nitrogens with zero attached hydrogens (tertiary/aromatic N) is 2. The van der Waals surface area contributed by atoms with Gasteiger partial charge in [-0.3, -0.25) is 9.89 Å². The van der Waals surface area contributed by atoms with E-state index < -0.39 is 0 Å². The summed E-state index contributed by atoms with van der Waals surface area (Å²) in [5.41, 5.74) is 5.53. The first-order chi connectivity index (χ1) is 14.3. The van der Waals surface area contributed by atoms with Gasteiger partial charge in [-0.25, -0.2) is 5.43 Å². The highest BCUT2D eigenvalue weighted by Gasteiger charge is 2.15. The molecule has 1 amide bonds. The number of ether oxygens (including phenoxy) is 1. The van der Waals surface area contributed by atoms with Crippen LogP contribution in [0.4, 0.5) is 0 Å². The number of carbonyl (C=O) groups excluding carboxylic acids is 1. The van der Waals surface area contributed by atoms with Crippen LogP contribution < -0.4 is 10.2 Å². The van der Waals surface area contributed by atoms with Crippen LogP contribution in [0.15, 0.2) is 83.4 Å². The number of hydrogen-bond acceptors (Lipinski definition) is 5. The first kappa shape index (κ1) is 18.6. The van der Waals surface area contributed by atoms with Gasteiger partial charge in [-0.05, 0) is 29.1 Å². The van der Waals surface area contributed by atoms with Crippen LogP contribution in [-0.2, 0) is 6.61 Å². The van der Waals surface area contributed by atoms with Crippen LogP contribution in [0.25, 0.3) is 10.6 Å². The Labute approximate surface area is 171 Å². The highest BCUT2D eigenvalue weighted by molar-refractivity contribution is 7.13. The maximum atomic E-state index is 12.5. The number of aromatic amines is 1. The lowest BCUT2D eigenvalue weighted by Crippen LogP contribution is -2.17. The zero-order valence-corrected chi connectivity index (χ0v) is 16.2. The number of nitrogens with one attached hydrogen (secondary N) is 2. The molecule has 0 spiro atoms. The highest BCUT2D eigenvalue weighted by atomic mass is 32.1. The van der Waals surface area contributed by atoms with E-state index in [-0.39, 0.29) is 5.91 Å². The summed E-state index contributed by atoms with van der Waals surface area (Å²) >= 11 is 1.53. The molecule has 144 valence electrons. The Balaban J connectivity index is 1.42. The van der Waals surface area contributed by atoms with E-state index in [1.54, 1.807) is 6.21 Å². The number of amides is 1. The number of rotatable bonds is 7. The van der Waals surface area contributed by atoms with E-state index in [1.807, 2.05) is 72.1 Å². The fraction of sp³-hybridized carbons (Fsp3) is 0.0455. The molecule has 0 bridgehead atoms. The zero-order chi connectivity index (χ0) is 19.9. The van der Waals surface area contributed by atoms with Gasteiger partial charge < -0.3 is 4.74 Å². The van der Waals surface area contributed by atoms with Crippen molar-refractivity contribution in [3.8, 4) is 16.3 Å². The van der Waals surface area contributed by atoms with E-state index in [1.165, 1.54) is 17.5 Å². The maximum Gasteiger partial charge on any atom is 0.275 e. The zero-order valence-electron chi connectivity index (χ0n) is 15.4. The Morgan fingerprint density at radius 1 is 1.10 bits per heavy atom. The Kier molecular flexibility index (Phi) is 5.78. The van der Waals surface area contributed by atoms with Crippen LogP contribution >= 0.6 is 11.3 Å². The fourth-order valence-electron chi connectivity index (χ4n) is 2.74. The largest absolute Gasteiger partial charge is 0.488 e. The minimum atomic E-state index is -0.332. The third kappa shape index (κ3) is 4.59. The Morgan fingerprint density at radius 2 is 1.93 bits per heavy atom. The highest BCUT2D eigenvalue weighted by Crippen LogP contribution is 2.25. The van der Waals surface area contributed by atoms with Gasteiger partial charge in [0.25, 0.3) is 5.91 Å². The van der Waals surface area contributed by atoms with Crippen molar-refractivity contribution in [3.63, 3.8) is 0 Å². The second-order valence-corrected chi connectivity index (χ2v) is 7.09. The van der Waals surface area contributed by atoms with Gasteiger partial charge in [0.05, 0.1) is 28.5 Å². The molecule has 4 rings (SSSR count). The van der Waals surface area contributed by atoms with E-state index in [0.717, 1.165) is 16.0 Å². The van der Waals surface area contributed by atoms with Crippen LogP contribution in [-0.4, -0.2) is 22.3 Å². The second kappa shape index (κ2) is 8.99. The molecule has 0 saturated carbocycles. The smallest absolute Gasteiger partial charge is 0.275 e. The van der Waals surface area contributed by atoms with Gasteiger partial charge in [0, 0.05) is 5.56 Å². The predicted octanol–water partition coefficient (Wildman–Crippen LogP) is 4.48. The molecular formula is C22H18N4O2S. The Morgan fingerprint density at radius 3 is 2.76 bits per heavy atom. The third-order valence-electron chi connectivity index (χ3n) is 4.18. The van der Waals surface area contributed by atoms with E-state index >= 15 is 0 Å². The molecule has 0 aliphatic carbocycles. The molecule has 0 aliphatic rings. The number of hydrazone groups is 1. The molecule has 2 aromatic heterocycles. The average Bonchev–Trinajstić information content (AvgIpc) is 3.45. The summed E-state index contributed by atoms with van der Waals surface area (Å²) in [6, 6.07) is 21.3. The standard InChI is InChI=1S/C22H18N4O2S/c27-22(18-14-24-25-21(18)20-11-6-12-29-20)26-23-13-17-9-4-5-10-19(17)28-15-16-7-2-1-3-8-16/h1-14H,15H2,(H,24,25)(H,26,27). The van der Waals surface area contributed by atoms with Crippen LogP contribution in [0.2, 0.25) is 0 Å². The lowest BCUT2D eigenvalue weighted by Gasteiger charge is -2.09. The molecule has 7 heteroatoms. The Hall–Kier alpha value is -3.71. The molecule has 0 fully saturated rings. The van der Waals surface area contributed by atoms with Crippen molar-refractivity contribution in [2.24, 2.45) is 5.10 Å². The number of aromatic nitrogens is 2. The van der Waals surface area contributed by atoms with E-state index in [2.05, 4.69) is 20.7 Å². The number of para-hydroxylation sites is 1. The lowest BCUT2D eigenvalue weighted by molar-refractivity contribution is 0.0956. The van der Waals surface area contributed by atoms with Gasteiger partial charge in [-0.1, -0.05) is 48.5 Å². The van der Waals surface area contributed by atoms with Crippen molar-refractivity contribution in [2.45, 2.75) is 6.61 Å². The molecule has 6 nitrogen and oxygen atoms in total. The predicted molar refractivity (Wildman–Crippen MR) is 114 cm³/mol. The van der Waals surface area contributed by atoms with Crippen molar-refractivity contribution < 1.29 is 9.53 Å². The number of thiophene rings is 1. The summed E-state index contributed by atoms with van der Waals surface area (Å²) in [5.74, 6) is 0.359. The summed E-state index contributed by atoms with van der Waals surface area (Å²) in [6.07, 6.45) is 3.07. The average molecular weight is 402 g/mol. The third-order valence-corrected chi connectivity index (χ3v) is 5.06. The molecular weight excluding hydrogens is 384 g/mol. The SMILES string of the molecule is O=C(NN=Cc1ccccc1OCc1ccccc1)c1cn[nH]c1-c1cccs1. The van der Waals surface area contributed by atoms with Crippen molar-refractivity contribution in [3.05, 3.63) is 95.0 Å². The summed E-state index contributed by atoms with van der Waals surface area (Å²) < 4.78 is 5.90. The molecule has 0 aliphatic heterocycles. The van der Waals surface area contributed by atoms with Crippen LogP contribution in [0.1, 0.15) is 21.5 Å². The van der Waals surface area contributed by atoms with E-state index in [4.69, 9.17) is 4.74 Å². The van der Waals surface area contributed by atoms with Crippen LogP contribution in [0, 0.1) is 0 Å². The number of carbonyl (C=O) groups is 1. The van der Waals surface area contributed by atoms with Gasteiger partial charge in [-0.15, -0.1) is 11.3 Å². The molecule has 4 aromatic rings. The number of hydrogen-bond donors (Lipinski definition) is 2. The van der Waals surface area contributed by atoms with Gasteiger partial charge in [0.15, 0.2) is 0 Å². The van der Waals surface area contributed by atoms with Crippen LogP contribution in [0.5, 0.6) is 5.75 Å². The van der Waals surface area contributed by atoms with Crippen LogP contribution in [0.3, 0.4) is 0 Å². The summed E-state index contributed by atoms with van der Waals surface area (Å²) in [7, 11) is 0. The molecule has 2 heterocycles. The molecule has 2 aromatic carbocycles. The van der Waals surface area contributed by atoms with Crippen molar-refractivity contribution in [2.75, 3.05) is 0 Å². The van der Waals surface area contributed by atoms with Gasteiger partial charge in [0.1, 0.15) is 12.4 Å². The minimum Gasteiger partial charge on any atom is -0.488 e. The maximum absolute atomic E-state index is 12.5. The molecule has 0 saturated heterocycles. The second-order valence-electron chi connectivity index (χ2n) is 6.15. The summed E-state index contributed by atoms with van der Waals surface area (Å²) in [5, 5.41) is 12.9. The van der Waals surface area contributed by atoms with Gasteiger partial charge in [-0.2, -0.15) is 10.2 Å². The quantitative estimate of drug-likeness (QED) is 0.353. The first-order valence-corrected chi connectivity index (χ1v) is 9.85. The van der Waals surface area contributed by atoms with Crippen molar-refractivity contribution in [1.82, 2.24) is 15.6 Å². The minimum absolute atomic E-state index is 0.332. The molecule has 0 unspecified atom stereocenters. The van der Waals surface area contributed by atoms with E-state index in [9.17, 15) is 4.79 Å².